The molecule has 3 nitrogen and oxygen atoms in total. The van der Waals surface area contributed by atoms with Gasteiger partial charge in [-0.15, -0.1) is 0 Å². The van der Waals surface area contributed by atoms with Crippen LogP contribution in [-0.2, 0) is 13.0 Å². The third-order valence-electron chi connectivity index (χ3n) is 3.50. The zero-order valence-corrected chi connectivity index (χ0v) is 12.0. The first kappa shape index (κ1) is 13.7. The van der Waals surface area contributed by atoms with Crippen LogP contribution in [0.3, 0.4) is 0 Å². The molecule has 0 unspecified atom stereocenters. The van der Waals surface area contributed by atoms with Gasteiger partial charge >= 0.3 is 0 Å². The molecule has 0 aliphatic rings. The smallest absolute Gasteiger partial charge is 0.213 e. The van der Waals surface area contributed by atoms with E-state index < -0.39 is 0 Å². The van der Waals surface area contributed by atoms with Crippen LogP contribution in [0.5, 0.6) is 5.88 Å². The summed E-state index contributed by atoms with van der Waals surface area (Å²) in [6.45, 7) is 7.06. The molecule has 0 fully saturated rings. The Morgan fingerprint density at radius 3 is 2.58 bits per heavy atom. The molecule has 2 rings (SSSR count). The lowest BCUT2D eigenvalue weighted by Crippen LogP contribution is -1.99. The number of benzene rings is 1. The first-order valence-electron chi connectivity index (χ1n) is 7.03. The number of aromatic nitrogens is 2. The van der Waals surface area contributed by atoms with Gasteiger partial charge in [0, 0.05) is 17.7 Å². The number of hydrogen-bond donors (Lipinski definition) is 1. The molecule has 19 heavy (non-hydrogen) atoms. The van der Waals surface area contributed by atoms with Gasteiger partial charge < -0.3 is 5.11 Å². The molecular weight excluding hydrogens is 236 g/mol. The molecule has 2 aromatic rings. The molecule has 1 aromatic carbocycles. The van der Waals surface area contributed by atoms with Crippen molar-refractivity contribution in [3.63, 3.8) is 0 Å². The fourth-order valence-corrected chi connectivity index (χ4v) is 2.33. The zero-order chi connectivity index (χ0) is 13.8. The third-order valence-corrected chi connectivity index (χ3v) is 3.50. The topological polar surface area (TPSA) is 38.0 Å². The molecule has 0 aliphatic carbocycles. The summed E-state index contributed by atoms with van der Waals surface area (Å²) in [6, 6.07) is 8.19. The summed E-state index contributed by atoms with van der Waals surface area (Å²) in [7, 11) is 0. The van der Waals surface area contributed by atoms with E-state index in [1.165, 1.54) is 5.56 Å². The molecule has 3 heteroatoms. The molecule has 0 saturated heterocycles. The summed E-state index contributed by atoms with van der Waals surface area (Å²) >= 11 is 0. The van der Waals surface area contributed by atoms with Gasteiger partial charge in [0.25, 0.3) is 0 Å². The minimum absolute atomic E-state index is 0.328. The van der Waals surface area contributed by atoms with Crippen LogP contribution in [0.15, 0.2) is 24.3 Å². The fraction of sp³-hybridized carbons (Fsp3) is 0.438. The van der Waals surface area contributed by atoms with Crippen LogP contribution < -0.4 is 0 Å². The van der Waals surface area contributed by atoms with Crippen molar-refractivity contribution in [3.8, 4) is 17.1 Å². The van der Waals surface area contributed by atoms with Gasteiger partial charge in [-0.2, -0.15) is 5.10 Å². The third kappa shape index (κ3) is 2.65. The molecule has 0 saturated carbocycles. The van der Waals surface area contributed by atoms with Crippen molar-refractivity contribution in [2.24, 2.45) is 0 Å². The second-order valence-electron chi connectivity index (χ2n) is 4.90. The number of unbranched alkanes of at least 4 members (excludes halogenated alkanes) is 1. The van der Waals surface area contributed by atoms with Crippen LogP contribution in [-0.4, -0.2) is 14.9 Å². The second kappa shape index (κ2) is 5.91. The Bertz CT molecular complexity index is 558. The summed E-state index contributed by atoms with van der Waals surface area (Å²) in [4.78, 5) is 0. The van der Waals surface area contributed by atoms with E-state index in [0.29, 0.717) is 5.88 Å². The lowest BCUT2D eigenvalue weighted by atomic mass is 10.0. The Balaban J connectivity index is 2.48. The largest absolute Gasteiger partial charge is 0.493 e. The van der Waals surface area contributed by atoms with Crippen molar-refractivity contribution in [2.45, 2.75) is 46.6 Å². The van der Waals surface area contributed by atoms with Gasteiger partial charge in [-0.3, -0.25) is 0 Å². The second-order valence-corrected chi connectivity index (χ2v) is 4.90. The van der Waals surface area contributed by atoms with Crippen molar-refractivity contribution in [3.05, 3.63) is 35.4 Å². The van der Waals surface area contributed by atoms with Gasteiger partial charge in [0.2, 0.25) is 5.88 Å². The maximum atomic E-state index is 10.3. The fourth-order valence-electron chi connectivity index (χ4n) is 2.33. The molecule has 0 spiro atoms. The monoisotopic (exact) mass is 258 g/mol. The predicted molar refractivity (Wildman–Crippen MR) is 78.4 cm³/mol. The van der Waals surface area contributed by atoms with Gasteiger partial charge in [0.1, 0.15) is 0 Å². The molecule has 1 aromatic heterocycles. The Morgan fingerprint density at radius 1 is 1.21 bits per heavy atom. The molecule has 0 aliphatic heterocycles. The van der Waals surface area contributed by atoms with Gasteiger partial charge in [0.05, 0.1) is 5.69 Å². The number of aromatic hydroxyl groups is 1. The zero-order valence-electron chi connectivity index (χ0n) is 12.0. The highest BCUT2D eigenvalue weighted by Gasteiger charge is 2.17. The molecule has 0 bridgehead atoms. The van der Waals surface area contributed by atoms with Crippen LogP contribution in [0.1, 0.15) is 37.8 Å². The van der Waals surface area contributed by atoms with Crippen molar-refractivity contribution in [1.82, 2.24) is 9.78 Å². The summed E-state index contributed by atoms with van der Waals surface area (Å²) in [5.41, 5.74) is 4.18. The van der Waals surface area contributed by atoms with Crippen molar-refractivity contribution in [2.75, 3.05) is 0 Å². The number of nitrogens with zero attached hydrogens (tertiary/aromatic N) is 2. The van der Waals surface area contributed by atoms with E-state index in [1.807, 2.05) is 12.1 Å². The standard InChI is InChI=1S/C16H22N2O/c1-4-6-11-18-16(19)13(5-2)15(17-18)14-10-8-7-9-12(14)3/h7-10,19H,4-6,11H2,1-3H3. The molecule has 0 atom stereocenters. The SMILES string of the molecule is CCCCn1nc(-c2ccccc2C)c(CC)c1O. The normalized spacial score (nSPS) is 10.9. The van der Waals surface area contributed by atoms with Crippen molar-refractivity contribution >= 4 is 0 Å². The van der Waals surface area contributed by atoms with E-state index in [4.69, 9.17) is 0 Å². The first-order chi connectivity index (χ1) is 9.19. The van der Waals surface area contributed by atoms with E-state index in [-0.39, 0.29) is 0 Å². The maximum absolute atomic E-state index is 10.3. The van der Waals surface area contributed by atoms with Crippen LogP contribution in [0, 0.1) is 6.92 Å². The molecule has 102 valence electrons. The highest BCUT2D eigenvalue weighted by atomic mass is 16.3. The van der Waals surface area contributed by atoms with Crippen LogP contribution in [0.4, 0.5) is 0 Å². The summed E-state index contributed by atoms with van der Waals surface area (Å²) in [5, 5.41) is 14.9. The highest BCUT2D eigenvalue weighted by Crippen LogP contribution is 2.32. The van der Waals surface area contributed by atoms with Crippen LogP contribution in [0.25, 0.3) is 11.3 Å². The minimum Gasteiger partial charge on any atom is -0.493 e. The average Bonchev–Trinajstić information content (AvgIpc) is 2.73. The Hall–Kier alpha value is -1.77. The lowest BCUT2D eigenvalue weighted by molar-refractivity contribution is 0.390. The maximum Gasteiger partial charge on any atom is 0.213 e. The average molecular weight is 258 g/mol. The highest BCUT2D eigenvalue weighted by molar-refractivity contribution is 5.68. The summed E-state index contributed by atoms with van der Waals surface area (Å²) in [5.74, 6) is 0.328. The number of aryl methyl sites for hydroxylation is 2. The number of rotatable bonds is 5. The Morgan fingerprint density at radius 2 is 1.95 bits per heavy atom. The van der Waals surface area contributed by atoms with Gasteiger partial charge in [-0.25, -0.2) is 4.68 Å². The van der Waals surface area contributed by atoms with Gasteiger partial charge in [-0.05, 0) is 25.3 Å². The minimum atomic E-state index is 0.328. The van der Waals surface area contributed by atoms with Gasteiger partial charge in [-0.1, -0.05) is 44.5 Å². The Kier molecular flexibility index (Phi) is 4.25. The van der Waals surface area contributed by atoms with Gasteiger partial charge in [0.15, 0.2) is 0 Å². The molecule has 1 heterocycles. The summed E-state index contributed by atoms with van der Waals surface area (Å²) < 4.78 is 1.74. The molecule has 0 radical (unpaired) electrons. The van der Waals surface area contributed by atoms with Crippen molar-refractivity contribution < 1.29 is 5.11 Å². The van der Waals surface area contributed by atoms with Crippen LogP contribution >= 0.6 is 0 Å². The van der Waals surface area contributed by atoms with Crippen molar-refractivity contribution in [1.29, 1.82) is 0 Å². The molecular formula is C16H22N2O. The van der Waals surface area contributed by atoms with E-state index in [0.717, 1.165) is 42.6 Å². The van der Waals surface area contributed by atoms with Crippen LogP contribution in [0.2, 0.25) is 0 Å². The predicted octanol–water partition coefficient (Wildman–Crippen LogP) is 3.93. The van der Waals surface area contributed by atoms with E-state index in [9.17, 15) is 5.11 Å². The number of hydrogen-bond acceptors (Lipinski definition) is 2. The molecule has 0 amide bonds. The van der Waals surface area contributed by atoms with E-state index >= 15 is 0 Å². The lowest BCUT2D eigenvalue weighted by Gasteiger charge is -2.03. The van der Waals surface area contributed by atoms with E-state index in [2.05, 4.69) is 38.0 Å². The summed E-state index contributed by atoms with van der Waals surface area (Å²) in [6.07, 6.45) is 2.92. The first-order valence-corrected chi connectivity index (χ1v) is 7.03. The van der Waals surface area contributed by atoms with E-state index in [1.54, 1.807) is 4.68 Å². The Labute approximate surface area is 114 Å². The quantitative estimate of drug-likeness (QED) is 0.882. The molecule has 1 N–H and O–H groups in total.